The van der Waals surface area contributed by atoms with Crippen LogP contribution in [0.3, 0.4) is 0 Å². The maximum Gasteiger partial charge on any atom is 0.470 e. The number of nitrogens with zero attached hydrogens (tertiary/aromatic N) is 2. The minimum absolute atomic E-state index is 0.0350. The molecule has 1 aromatic carbocycles. The SMILES string of the molecule is O=P(O)(O)OC12CC3CC(C1)C(C(O)CC1c4c(F)cccc4-c4cncn41)C(C3)C2. The fourth-order valence-electron chi connectivity index (χ4n) is 7.60. The van der Waals surface area contributed by atoms with Crippen molar-refractivity contribution in [2.24, 2.45) is 23.7 Å². The summed E-state index contributed by atoms with van der Waals surface area (Å²) >= 11 is 0. The topological polar surface area (TPSA) is 105 Å². The highest BCUT2D eigenvalue weighted by atomic mass is 31.2. The van der Waals surface area contributed by atoms with E-state index >= 15 is 0 Å². The fourth-order valence-corrected chi connectivity index (χ4v) is 8.33. The molecule has 4 fully saturated rings. The Morgan fingerprint density at radius 3 is 2.71 bits per heavy atom. The van der Waals surface area contributed by atoms with Crippen molar-refractivity contribution >= 4 is 7.82 Å². The number of aromatic nitrogens is 2. The standard InChI is InChI=1S/C22H26FN2O5P/c23-16-3-1-2-15-18-10-24-11-25(18)17(21(15)16)6-19(26)20-13-4-12-5-14(20)9-22(7-12,8-13)30-31(27,28)29/h1-3,10-14,17,19-20,26H,4-9H2,(H2,27,28,29). The summed E-state index contributed by atoms with van der Waals surface area (Å²) in [5, 5.41) is 11.4. The molecule has 4 saturated carbocycles. The molecule has 5 aliphatic rings. The lowest BCUT2D eigenvalue weighted by molar-refractivity contribution is -0.168. The lowest BCUT2D eigenvalue weighted by Gasteiger charge is -2.60. The molecule has 0 radical (unpaired) electrons. The van der Waals surface area contributed by atoms with Crippen LogP contribution in [0.15, 0.2) is 30.7 Å². The minimum atomic E-state index is -4.57. The molecular formula is C22H26FN2O5P. The van der Waals surface area contributed by atoms with Crippen LogP contribution in [-0.2, 0) is 9.09 Å². The van der Waals surface area contributed by atoms with Gasteiger partial charge in [-0.3, -0.25) is 4.52 Å². The van der Waals surface area contributed by atoms with Crippen LogP contribution in [0, 0.1) is 29.5 Å². The number of imidazole rings is 1. The lowest BCUT2D eigenvalue weighted by Crippen LogP contribution is -2.58. The molecule has 4 unspecified atom stereocenters. The van der Waals surface area contributed by atoms with E-state index in [1.165, 1.54) is 6.07 Å². The van der Waals surface area contributed by atoms with E-state index in [4.69, 9.17) is 4.52 Å². The van der Waals surface area contributed by atoms with Gasteiger partial charge in [0, 0.05) is 11.1 Å². The monoisotopic (exact) mass is 448 g/mol. The normalized spacial score (nSPS) is 36.5. The highest BCUT2D eigenvalue weighted by molar-refractivity contribution is 7.46. The van der Waals surface area contributed by atoms with E-state index in [1.54, 1.807) is 18.6 Å². The summed E-state index contributed by atoms with van der Waals surface area (Å²) < 4.78 is 33.6. The third-order valence-corrected chi connectivity index (χ3v) is 8.80. The summed E-state index contributed by atoms with van der Waals surface area (Å²) in [5.41, 5.74) is 1.54. The number of halogens is 1. The molecule has 3 N–H and O–H groups in total. The Morgan fingerprint density at radius 2 is 2.00 bits per heavy atom. The maximum absolute atomic E-state index is 14.8. The highest BCUT2D eigenvalue weighted by Gasteiger charge is 2.59. The van der Waals surface area contributed by atoms with Gasteiger partial charge < -0.3 is 19.5 Å². The lowest BCUT2D eigenvalue weighted by atomic mass is 9.49. The second kappa shape index (κ2) is 6.72. The van der Waals surface area contributed by atoms with Crippen molar-refractivity contribution in [3.05, 3.63) is 42.1 Å². The zero-order valence-electron chi connectivity index (χ0n) is 17.0. The van der Waals surface area contributed by atoms with E-state index in [-0.39, 0.29) is 29.6 Å². The van der Waals surface area contributed by atoms with Crippen LogP contribution < -0.4 is 0 Å². The van der Waals surface area contributed by atoms with Gasteiger partial charge >= 0.3 is 7.82 Å². The predicted octanol–water partition coefficient (Wildman–Crippen LogP) is 3.65. The second-order valence-corrected chi connectivity index (χ2v) is 11.2. The molecule has 4 atom stereocenters. The van der Waals surface area contributed by atoms with Crippen LogP contribution in [0.1, 0.15) is 50.1 Å². The molecule has 1 aromatic heterocycles. The summed E-state index contributed by atoms with van der Waals surface area (Å²) in [6.45, 7) is 0. The zero-order chi connectivity index (χ0) is 21.5. The molecule has 9 heteroatoms. The predicted molar refractivity (Wildman–Crippen MR) is 109 cm³/mol. The summed E-state index contributed by atoms with van der Waals surface area (Å²) in [6, 6.07) is 4.75. The molecule has 0 amide bonds. The number of hydrogen-bond acceptors (Lipinski definition) is 4. The number of aliphatic hydroxyl groups excluding tert-OH is 1. The second-order valence-electron chi connectivity index (χ2n) is 10.0. The fraction of sp³-hybridized carbons (Fsp3) is 0.591. The van der Waals surface area contributed by atoms with Crippen molar-refractivity contribution in [1.82, 2.24) is 9.55 Å². The average molecular weight is 448 g/mol. The molecular weight excluding hydrogens is 422 g/mol. The van der Waals surface area contributed by atoms with Crippen LogP contribution in [-0.4, -0.2) is 36.1 Å². The van der Waals surface area contributed by atoms with Gasteiger partial charge in [-0.15, -0.1) is 0 Å². The van der Waals surface area contributed by atoms with Gasteiger partial charge in [0.2, 0.25) is 0 Å². The van der Waals surface area contributed by atoms with Gasteiger partial charge in [-0.25, -0.2) is 13.9 Å². The quantitative estimate of drug-likeness (QED) is 0.604. The maximum atomic E-state index is 14.8. The number of phosphoric acid groups is 1. The first-order valence-corrected chi connectivity index (χ1v) is 12.5. The van der Waals surface area contributed by atoms with Crippen molar-refractivity contribution in [2.75, 3.05) is 0 Å². The van der Waals surface area contributed by atoms with Crippen molar-refractivity contribution in [2.45, 2.75) is 56.3 Å². The number of fused-ring (bicyclic) bond motifs is 3. The Bertz CT molecular complexity index is 1070. The van der Waals surface area contributed by atoms with Crippen LogP contribution >= 0.6 is 7.82 Å². The van der Waals surface area contributed by atoms with Crippen molar-refractivity contribution < 1.29 is 28.4 Å². The van der Waals surface area contributed by atoms with E-state index in [1.807, 2.05) is 10.6 Å². The Hall–Kier alpha value is -1.57. The number of hydrogen-bond donors (Lipinski definition) is 3. The molecule has 4 bridgehead atoms. The minimum Gasteiger partial charge on any atom is -0.393 e. The van der Waals surface area contributed by atoms with Crippen LogP contribution in [0.5, 0.6) is 0 Å². The first-order valence-electron chi connectivity index (χ1n) is 11.0. The van der Waals surface area contributed by atoms with E-state index in [0.29, 0.717) is 37.2 Å². The van der Waals surface area contributed by atoms with Gasteiger partial charge in [0.15, 0.2) is 0 Å². The van der Waals surface area contributed by atoms with Crippen LogP contribution in [0.25, 0.3) is 11.3 Å². The number of benzene rings is 1. The first-order chi connectivity index (χ1) is 14.7. The van der Waals surface area contributed by atoms with Crippen LogP contribution in [0.2, 0.25) is 0 Å². The average Bonchev–Trinajstić information content (AvgIpc) is 3.22. The summed E-state index contributed by atoms with van der Waals surface area (Å²) in [5.74, 6) is 0.482. The summed E-state index contributed by atoms with van der Waals surface area (Å²) in [4.78, 5) is 23.1. The Kier molecular flexibility index (Phi) is 4.35. The Balaban J connectivity index is 1.27. The van der Waals surface area contributed by atoms with E-state index in [2.05, 4.69) is 4.98 Å². The Labute approximate surface area is 179 Å². The van der Waals surface area contributed by atoms with E-state index < -0.39 is 19.5 Å². The molecule has 31 heavy (non-hydrogen) atoms. The molecule has 166 valence electrons. The van der Waals surface area contributed by atoms with Crippen molar-refractivity contribution in [3.8, 4) is 11.3 Å². The molecule has 7 nitrogen and oxygen atoms in total. The zero-order valence-corrected chi connectivity index (χ0v) is 17.9. The van der Waals surface area contributed by atoms with Gasteiger partial charge in [-0.1, -0.05) is 12.1 Å². The largest absolute Gasteiger partial charge is 0.470 e. The third kappa shape index (κ3) is 3.15. The van der Waals surface area contributed by atoms with Crippen molar-refractivity contribution in [3.63, 3.8) is 0 Å². The van der Waals surface area contributed by atoms with Gasteiger partial charge in [0.25, 0.3) is 0 Å². The molecule has 2 heterocycles. The molecule has 1 aliphatic heterocycles. The molecule has 2 aromatic rings. The third-order valence-electron chi connectivity index (χ3n) is 8.18. The molecule has 0 spiro atoms. The Morgan fingerprint density at radius 1 is 1.26 bits per heavy atom. The molecule has 0 saturated heterocycles. The van der Waals surface area contributed by atoms with Gasteiger partial charge in [0.05, 0.1) is 36.0 Å². The first kappa shape index (κ1) is 20.1. The van der Waals surface area contributed by atoms with Gasteiger partial charge in [0.1, 0.15) is 5.82 Å². The highest BCUT2D eigenvalue weighted by Crippen LogP contribution is 2.64. The number of aliphatic hydroxyl groups is 1. The van der Waals surface area contributed by atoms with Gasteiger partial charge in [-0.05, 0) is 68.3 Å². The number of phosphoric ester groups is 1. The van der Waals surface area contributed by atoms with Gasteiger partial charge in [-0.2, -0.15) is 0 Å². The summed E-state index contributed by atoms with van der Waals surface area (Å²) in [7, 11) is -4.57. The van der Waals surface area contributed by atoms with E-state index in [9.17, 15) is 23.8 Å². The molecule has 4 aliphatic carbocycles. The summed E-state index contributed by atoms with van der Waals surface area (Å²) in [6.07, 6.45) is 6.93. The smallest absolute Gasteiger partial charge is 0.393 e. The van der Waals surface area contributed by atoms with Crippen LogP contribution in [0.4, 0.5) is 4.39 Å². The number of rotatable bonds is 5. The molecule has 7 rings (SSSR count). The van der Waals surface area contributed by atoms with E-state index in [0.717, 1.165) is 24.1 Å². The van der Waals surface area contributed by atoms with Crippen molar-refractivity contribution in [1.29, 1.82) is 0 Å².